The van der Waals surface area contributed by atoms with E-state index < -0.39 is 0 Å². The first kappa shape index (κ1) is 14.2. The number of carbonyl (C=O) groups excluding carboxylic acids is 1. The Labute approximate surface area is 94.4 Å². The molecule has 0 saturated carbocycles. The summed E-state index contributed by atoms with van der Waals surface area (Å²) >= 11 is 0. The minimum absolute atomic E-state index is 0.0654. The lowest BCUT2D eigenvalue weighted by Gasteiger charge is -2.26. The quantitative estimate of drug-likeness (QED) is 0.593. The van der Waals surface area contributed by atoms with Crippen molar-refractivity contribution in [2.24, 2.45) is 11.8 Å². The highest BCUT2D eigenvalue weighted by molar-refractivity contribution is 5.86. The summed E-state index contributed by atoms with van der Waals surface area (Å²) in [4.78, 5) is 13.5. The van der Waals surface area contributed by atoms with Crippen LogP contribution in [0.15, 0.2) is 12.7 Å². The standard InChI is InChI=1S/C13H25NO/c1-6-11(4)9-14(13(15)8-3)10-12(5)7-2/h8,11-12H,3,6-7,9-10H2,1-2,4-5H3. The second kappa shape index (κ2) is 7.49. The topological polar surface area (TPSA) is 20.3 Å². The van der Waals surface area contributed by atoms with Gasteiger partial charge in [0.15, 0.2) is 0 Å². The molecule has 15 heavy (non-hydrogen) atoms. The third-order valence-electron chi connectivity index (χ3n) is 2.94. The second-order valence-corrected chi connectivity index (χ2v) is 4.47. The van der Waals surface area contributed by atoms with Crippen LogP contribution in [0.3, 0.4) is 0 Å². The van der Waals surface area contributed by atoms with Gasteiger partial charge in [-0.15, -0.1) is 0 Å². The van der Waals surface area contributed by atoms with Crippen LogP contribution >= 0.6 is 0 Å². The summed E-state index contributed by atoms with van der Waals surface area (Å²) in [6.07, 6.45) is 3.65. The van der Waals surface area contributed by atoms with E-state index in [1.165, 1.54) is 6.08 Å². The zero-order valence-electron chi connectivity index (χ0n) is 10.6. The van der Waals surface area contributed by atoms with E-state index in [4.69, 9.17) is 0 Å². The molecular weight excluding hydrogens is 186 g/mol. The number of nitrogens with zero attached hydrogens (tertiary/aromatic N) is 1. The van der Waals surface area contributed by atoms with E-state index in [9.17, 15) is 4.79 Å². The maximum atomic E-state index is 11.6. The van der Waals surface area contributed by atoms with Crippen LogP contribution < -0.4 is 0 Å². The molecule has 0 fully saturated rings. The Bertz CT molecular complexity index is 189. The molecule has 0 aliphatic carbocycles. The van der Waals surface area contributed by atoms with Gasteiger partial charge in [-0.2, -0.15) is 0 Å². The lowest BCUT2D eigenvalue weighted by molar-refractivity contribution is -0.127. The maximum Gasteiger partial charge on any atom is 0.245 e. The van der Waals surface area contributed by atoms with Crippen molar-refractivity contribution in [1.82, 2.24) is 4.90 Å². The molecule has 0 aliphatic heterocycles. The molecule has 0 bridgehead atoms. The lowest BCUT2D eigenvalue weighted by atomic mass is 10.1. The molecule has 2 unspecified atom stereocenters. The number of hydrogen-bond donors (Lipinski definition) is 0. The maximum absolute atomic E-state index is 11.6. The van der Waals surface area contributed by atoms with Gasteiger partial charge in [-0.25, -0.2) is 0 Å². The molecule has 0 aliphatic rings. The smallest absolute Gasteiger partial charge is 0.245 e. The van der Waals surface area contributed by atoms with E-state index in [2.05, 4.69) is 34.3 Å². The van der Waals surface area contributed by atoms with Crippen molar-refractivity contribution in [3.63, 3.8) is 0 Å². The Morgan fingerprint density at radius 2 is 1.60 bits per heavy atom. The van der Waals surface area contributed by atoms with Crippen molar-refractivity contribution in [2.75, 3.05) is 13.1 Å². The molecule has 2 heteroatoms. The third-order valence-corrected chi connectivity index (χ3v) is 2.94. The molecule has 0 aromatic carbocycles. The summed E-state index contributed by atoms with van der Waals surface area (Å²) in [5.41, 5.74) is 0. The summed E-state index contributed by atoms with van der Waals surface area (Å²) in [6.45, 7) is 13.9. The number of rotatable bonds is 7. The molecule has 2 atom stereocenters. The fourth-order valence-corrected chi connectivity index (χ4v) is 1.39. The van der Waals surface area contributed by atoms with Crippen LogP contribution in [0.2, 0.25) is 0 Å². The minimum atomic E-state index is 0.0654. The van der Waals surface area contributed by atoms with Crippen LogP contribution in [-0.2, 0) is 4.79 Å². The first-order chi connectivity index (χ1) is 7.04. The Balaban J connectivity index is 4.30. The van der Waals surface area contributed by atoms with Gasteiger partial charge < -0.3 is 4.90 Å². The van der Waals surface area contributed by atoms with Crippen LogP contribution in [0.1, 0.15) is 40.5 Å². The van der Waals surface area contributed by atoms with Gasteiger partial charge in [-0.1, -0.05) is 47.1 Å². The highest BCUT2D eigenvalue weighted by Gasteiger charge is 2.15. The van der Waals surface area contributed by atoms with Gasteiger partial charge in [-0.05, 0) is 17.9 Å². The molecule has 0 aromatic heterocycles. The van der Waals surface area contributed by atoms with Gasteiger partial charge in [0.1, 0.15) is 0 Å². The van der Waals surface area contributed by atoms with Gasteiger partial charge in [0.05, 0.1) is 0 Å². The normalized spacial score (nSPS) is 14.4. The second-order valence-electron chi connectivity index (χ2n) is 4.47. The molecule has 0 heterocycles. The first-order valence-electron chi connectivity index (χ1n) is 5.96. The Hall–Kier alpha value is -0.790. The van der Waals surface area contributed by atoms with Crippen LogP contribution in [0.5, 0.6) is 0 Å². The van der Waals surface area contributed by atoms with Gasteiger partial charge >= 0.3 is 0 Å². The van der Waals surface area contributed by atoms with Crippen LogP contribution in [0, 0.1) is 11.8 Å². The van der Waals surface area contributed by atoms with Crippen molar-refractivity contribution in [3.8, 4) is 0 Å². The molecule has 0 aromatic rings. The summed E-state index contributed by atoms with van der Waals surface area (Å²) in [6, 6.07) is 0. The van der Waals surface area contributed by atoms with Gasteiger partial charge in [0.25, 0.3) is 0 Å². The number of amides is 1. The van der Waals surface area contributed by atoms with E-state index in [0.717, 1.165) is 25.9 Å². The van der Waals surface area contributed by atoms with Crippen molar-refractivity contribution in [3.05, 3.63) is 12.7 Å². The largest absolute Gasteiger partial charge is 0.339 e. The fraction of sp³-hybridized carbons (Fsp3) is 0.769. The van der Waals surface area contributed by atoms with Crippen molar-refractivity contribution in [2.45, 2.75) is 40.5 Å². The molecule has 1 amide bonds. The predicted molar refractivity (Wildman–Crippen MR) is 65.7 cm³/mol. The van der Waals surface area contributed by atoms with E-state index in [0.29, 0.717) is 11.8 Å². The zero-order valence-corrected chi connectivity index (χ0v) is 10.6. The fourth-order valence-electron chi connectivity index (χ4n) is 1.39. The number of hydrogen-bond acceptors (Lipinski definition) is 1. The average molecular weight is 211 g/mol. The SMILES string of the molecule is C=CC(=O)N(CC(C)CC)CC(C)CC. The summed E-state index contributed by atoms with van der Waals surface area (Å²) in [5.74, 6) is 1.20. The molecule has 0 radical (unpaired) electrons. The first-order valence-corrected chi connectivity index (χ1v) is 5.96. The van der Waals surface area contributed by atoms with Gasteiger partial charge in [0, 0.05) is 13.1 Å². The average Bonchev–Trinajstić information content (AvgIpc) is 2.26. The summed E-state index contributed by atoms with van der Waals surface area (Å²) in [5, 5.41) is 0. The molecular formula is C13H25NO. The molecule has 88 valence electrons. The van der Waals surface area contributed by atoms with E-state index in [1.54, 1.807) is 0 Å². The van der Waals surface area contributed by atoms with Crippen molar-refractivity contribution < 1.29 is 4.79 Å². The molecule has 2 nitrogen and oxygen atoms in total. The van der Waals surface area contributed by atoms with Gasteiger partial charge in [0.2, 0.25) is 5.91 Å². The highest BCUT2D eigenvalue weighted by Crippen LogP contribution is 2.09. The molecule has 0 saturated heterocycles. The molecule has 0 N–H and O–H groups in total. The highest BCUT2D eigenvalue weighted by atomic mass is 16.2. The van der Waals surface area contributed by atoms with E-state index in [1.807, 2.05) is 4.90 Å². The zero-order chi connectivity index (χ0) is 11.8. The van der Waals surface area contributed by atoms with Crippen molar-refractivity contribution in [1.29, 1.82) is 0 Å². The van der Waals surface area contributed by atoms with E-state index in [-0.39, 0.29) is 5.91 Å². The Morgan fingerprint density at radius 1 is 1.20 bits per heavy atom. The van der Waals surface area contributed by atoms with Crippen LogP contribution in [0.25, 0.3) is 0 Å². The van der Waals surface area contributed by atoms with E-state index >= 15 is 0 Å². The summed E-state index contributed by atoms with van der Waals surface area (Å²) < 4.78 is 0. The van der Waals surface area contributed by atoms with Crippen LogP contribution in [0.4, 0.5) is 0 Å². The van der Waals surface area contributed by atoms with Gasteiger partial charge in [-0.3, -0.25) is 4.79 Å². The van der Waals surface area contributed by atoms with Crippen molar-refractivity contribution >= 4 is 5.91 Å². The monoisotopic (exact) mass is 211 g/mol. The minimum Gasteiger partial charge on any atom is -0.339 e. The lowest BCUT2D eigenvalue weighted by Crippen LogP contribution is -2.36. The predicted octanol–water partition coefficient (Wildman–Crippen LogP) is 3.09. The molecule has 0 spiro atoms. The Morgan fingerprint density at radius 3 is 1.87 bits per heavy atom. The summed E-state index contributed by atoms with van der Waals surface area (Å²) in [7, 11) is 0. The Kier molecular flexibility index (Phi) is 7.10. The number of carbonyl (C=O) groups is 1. The third kappa shape index (κ3) is 5.60. The van der Waals surface area contributed by atoms with Crippen LogP contribution in [-0.4, -0.2) is 23.9 Å². The molecule has 0 rings (SSSR count).